The van der Waals surface area contributed by atoms with Crippen molar-refractivity contribution in [2.24, 2.45) is 5.92 Å². The molecule has 0 aromatic rings. The number of rotatable bonds is 9. The van der Waals surface area contributed by atoms with E-state index >= 15 is 0 Å². The van der Waals surface area contributed by atoms with Crippen LogP contribution in [-0.2, 0) is 19.1 Å². The molecule has 2 amide bonds. The first kappa shape index (κ1) is 17.4. The van der Waals surface area contributed by atoms with E-state index in [2.05, 4.69) is 10.6 Å². The fourth-order valence-corrected chi connectivity index (χ4v) is 2.39. The molecule has 120 valence electrons. The maximum atomic E-state index is 11.7. The van der Waals surface area contributed by atoms with E-state index in [1.54, 1.807) is 0 Å². The summed E-state index contributed by atoms with van der Waals surface area (Å²) in [5.41, 5.74) is 0. The molecule has 1 fully saturated rings. The summed E-state index contributed by atoms with van der Waals surface area (Å²) in [6, 6.07) is 0. The Hall–Kier alpha value is -1.63. The number of aliphatic carboxylic acids is 1. The molecule has 1 aliphatic rings. The number of hydrogen-bond donors (Lipinski definition) is 3. The molecule has 0 heterocycles. The zero-order valence-electron chi connectivity index (χ0n) is 12.2. The first-order valence-electron chi connectivity index (χ1n) is 7.41. The van der Waals surface area contributed by atoms with Gasteiger partial charge in [0.05, 0.1) is 13.2 Å². The van der Waals surface area contributed by atoms with E-state index in [1.807, 2.05) is 0 Å². The molecule has 0 radical (unpaired) electrons. The summed E-state index contributed by atoms with van der Waals surface area (Å²) in [7, 11) is 0. The van der Waals surface area contributed by atoms with E-state index in [4.69, 9.17) is 9.84 Å². The third-order valence-corrected chi connectivity index (χ3v) is 3.44. The minimum Gasteiger partial charge on any atom is -0.480 e. The Kier molecular flexibility index (Phi) is 8.42. The van der Waals surface area contributed by atoms with Crippen molar-refractivity contribution < 1.29 is 24.2 Å². The Labute approximate surface area is 124 Å². The van der Waals surface area contributed by atoms with Gasteiger partial charge in [0, 0.05) is 13.0 Å². The van der Waals surface area contributed by atoms with Crippen molar-refractivity contribution >= 4 is 17.8 Å². The van der Waals surface area contributed by atoms with Crippen molar-refractivity contribution in [3.63, 3.8) is 0 Å². The van der Waals surface area contributed by atoms with Gasteiger partial charge in [-0.1, -0.05) is 19.3 Å². The summed E-state index contributed by atoms with van der Waals surface area (Å²) in [4.78, 5) is 33.3. The fourth-order valence-electron chi connectivity index (χ4n) is 2.39. The average molecular weight is 300 g/mol. The summed E-state index contributed by atoms with van der Waals surface area (Å²) < 4.78 is 4.77. The zero-order chi connectivity index (χ0) is 15.5. The van der Waals surface area contributed by atoms with Gasteiger partial charge in [0.25, 0.3) is 0 Å². The molecule has 7 heteroatoms. The number of amides is 2. The molecule has 1 saturated carbocycles. The highest BCUT2D eigenvalue weighted by atomic mass is 16.5. The number of nitrogens with one attached hydrogen (secondary N) is 2. The predicted octanol–water partition coefficient (Wildman–Crippen LogP) is 0.290. The molecule has 0 saturated heterocycles. The lowest BCUT2D eigenvalue weighted by Crippen LogP contribution is -2.38. The molecule has 0 unspecified atom stereocenters. The molecule has 7 nitrogen and oxygen atoms in total. The number of hydrogen-bond acceptors (Lipinski definition) is 4. The second-order valence-electron chi connectivity index (χ2n) is 5.28. The minimum absolute atomic E-state index is 0.0511. The van der Waals surface area contributed by atoms with Crippen LogP contribution in [0.2, 0.25) is 0 Å². The van der Waals surface area contributed by atoms with Crippen molar-refractivity contribution in [1.29, 1.82) is 0 Å². The van der Waals surface area contributed by atoms with Gasteiger partial charge < -0.3 is 20.5 Å². The van der Waals surface area contributed by atoms with Crippen molar-refractivity contribution in [3.05, 3.63) is 0 Å². The Morgan fingerprint density at radius 1 is 1.05 bits per heavy atom. The van der Waals surface area contributed by atoms with Crippen LogP contribution < -0.4 is 10.6 Å². The van der Waals surface area contributed by atoms with Crippen LogP contribution in [0.4, 0.5) is 0 Å². The van der Waals surface area contributed by atoms with Crippen molar-refractivity contribution in [3.8, 4) is 0 Å². The Morgan fingerprint density at radius 2 is 1.76 bits per heavy atom. The largest absolute Gasteiger partial charge is 0.480 e. The van der Waals surface area contributed by atoms with E-state index in [1.165, 1.54) is 19.3 Å². The van der Waals surface area contributed by atoms with Crippen LogP contribution in [0.3, 0.4) is 0 Å². The maximum absolute atomic E-state index is 11.7. The van der Waals surface area contributed by atoms with Gasteiger partial charge in [-0.25, -0.2) is 4.79 Å². The Bertz CT molecular complexity index is 353. The molecule has 0 aromatic heterocycles. The average Bonchev–Trinajstić information content (AvgIpc) is 2.45. The highest BCUT2D eigenvalue weighted by molar-refractivity contribution is 5.84. The monoisotopic (exact) mass is 300 g/mol. The number of carbonyl (C=O) groups excluding carboxylic acids is 2. The van der Waals surface area contributed by atoms with E-state index in [0.717, 1.165) is 12.8 Å². The summed E-state index contributed by atoms with van der Waals surface area (Å²) in [5.74, 6) is -0.979. The molecule has 0 atom stereocenters. The van der Waals surface area contributed by atoms with Gasteiger partial charge in [0.2, 0.25) is 11.8 Å². The highest BCUT2D eigenvalue weighted by Crippen LogP contribution is 2.25. The lowest BCUT2D eigenvalue weighted by Gasteiger charge is -2.20. The van der Waals surface area contributed by atoms with E-state index < -0.39 is 5.97 Å². The second kappa shape index (κ2) is 10.1. The third-order valence-electron chi connectivity index (χ3n) is 3.44. The Morgan fingerprint density at radius 3 is 2.43 bits per heavy atom. The third kappa shape index (κ3) is 9.01. The van der Waals surface area contributed by atoms with Crippen LogP contribution in [-0.4, -0.2) is 49.2 Å². The SMILES string of the molecule is O=C(O)COCCNC(=O)CNC(=O)CC1CCCCC1. The molecule has 21 heavy (non-hydrogen) atoms. The van der Waals surface area contributed by atoms with Crippen molar-refractivity contribution in [1.82, 2.24) is 10.6 Å². The van der Waals surface area contributed by atoms with Gasteiger partial charge in [0.1, 0.15) is 6.61 Å². The number of ether oxygens (including phenoxy) is 1. The molecule has 1 rings (SSSR count). The summed E-state index contributed by atoms with van der Waals surface area (Å²) in [5, 5.41) is 13.5. The molecule has 0 aliphatic heterocycles. The maximum Gasteiger partial charge on any atom is 0.329 e. The van der Waals surface area contributed by atoms with Crippen LogP contribution in [0, 0.1) is 5.92 Å². The van der Waals surface area contributed by atoms with Gasteiger partial charge in [-0.15, -0.1) is 0 Å². The van der Waals surface area contributed by atoms with Crippen LogP contribution in [0.5, 0.6) is 0 Å². The smallest absolute Gasteiger partial charge is 0.329 e. The normalized spacial score (nSPS) is 15.4. The number of carbonyl (C=O) groups is 3. The molecule has 3 N–H and O–H groups in total. The molecule has 0 spiro atoms. The molecule has 0 aromatic carbocycles. The summed E-state index contributed by atoms with van der Waals surface area (Å²) >= 11 is 0. The molecule has 0 bridgehead atoms. The molecular formula is C14H24N2O5. The lowest BCUT2D eigenvalue weighted by molar-refractivity contribution is -0.142. The van der Waals surface area contributed by atoms with Crippen LogP contribution in [0.15, 0.2) is 0 Å². The highest BCUT2D eigenvalue weighted by Gasteiger charge is 2.17. The van der Waals surface area contributed by atoms with Gasteiger partial charge in [-0.3, -0.25) is 9.59 Å². The lowest BCUT2D eigenvalue weighted by atomic mass is 9.87. The minimum atomic E-state index is -1.05. The van der Waals surface area contributed by atoms with E-state index in [-0.39, 0.29) is 38.1 Å². The van der Waals surface area contributed by atoms with E-state index in [0.29, 0.717) is 12.3 Å². The second-order valence-corrected chi connectivity index (χ2v) is 5.28. The van der Waals surface area contributed by atoms with Crippen molar-refractivity contribution in [2.75, 3.05) is 26.3 Å². The zero-order valence-corrected chi connectivity index (χ0v) is 12.2. The van der Waals surface area contributed by atoms with Crippen molar-refractivity contribution in [2.45, 2.75) is 38.5 Å². The topological polar surface area (TPSA) is 105 Å². The summed E-state index contributed by atoms with van der Waals surface area (Å²) in [6.45, 7) is -0.0723. The first-order chi connectivity index (χ1) is 10.1. The van der Waals surface area contributed by atoms with Crippen LogP contribution in [0.1, 0.15) is 38.5 Å². The van der Waals surface area contributed by atoms with E-state index in [9.17, 15) is 14.4 Å². The van der Waals surface area contributed by atoms with Gasteiger partial charge in [-0.2, -0.15) is 0 Å². The Balaban J connectivity index is 2.01. The molecular weight excluding hydrogens is 276 g/mol. The van der Waals surface area contributed by atoms with Crippen LogP contribution in [0.25, 0.3) is 0 Å². The van der Waals surface area contributed by atoms with Crippen LogP contribution >= 0.6 is 0 Å². The number of carboxylic acids is 1. The predicted molar refractivity (Wildman–Crippen MR) is 75.7 cm³/mol. The number of carboxylic acid groups (broad SMARTS) is 1. The van der Waals surface area contributed by atoms with Gasteiger partial charge >= 0.3 is 5.97 Å². The molecule has 1 aliphatic carbocycles. The standard InChI is InChI=1S/C14H24N2O5/c17-12(8-11-4-2-1-3-5-11)16-9-13(18)15-6-7-21-10-14(19)20/h11H,1-10H2,(H,15,18)(H,16,17)(H,19,20). The fraction of sp³-hybridized carbons (Fsp3) is 0.786. The first-order valence-corrected chi connectivity index (χ1v) is 7.41. The van der Waals surface area contributed by atoms with Gasteiger partial charge in [-0.05, 0) is 18.8 Å². The van der Waals surface area contributed by atoms with Gasteiger partial charge in [0.15, 0.2) is 0 Å². The quantitative estimate of drug-likeness (QED) is 0.531. The summed E-state index contributed by atoms with van der Waals surface area (Å²) in [6.07, 6.45) is 6.32.